The largest absolute Gasteiger partial charge is 0.480 e. The highest BCUT2D eigenvalue weighted by molar-refractivity contribution is 7.89. The first-order valence-electron chi connectivity index (χ1n) is 7.35. The van der Waals surface area contributed by atoms with Crippen LogP contribution in [0.15, 0.2) is 41.6 Å². The summed E-state index contributed by atoms with van der Waals surface area (Å²) in [5.74, 6) is -1.09. The maximum Gasteiger partial charge on any atom is 0.325 e. The molecule has 0 aliphatic heterocycles. The van der Waals surface area contributed by atoms with E-state index in [4.69, 9.17) is 16.7 Å². The number of benzene rings is 1. The van der Waals surface area contributed by atoms with Gasteiger partial charge in [-0.2, -0.15) is 5.10 Å². The first kappa shape index (κ1) is 16.9. The van der Waals surface area contributed by atoms with Crippen LogP contribution in [0.4, 0.5) is 0 Å². The molecule has 3 rings (SSSR count). The normalized spacial score (nSPS) is 16.5. The number of carboxylic acid groups (broad SMARTS) is 1. The van der Waals surface area contributed by atoms with E-state index in [0.717, 1.165) is 22.9 Å². The third-order valence-corrected chi connectivity index (χ3v) is 5.86. The van der Waals surface area contributed by atoms with Crippen molar-refractivity contribution in [3.8, 4) is 0 Å². The van der Waals surface area contributed by atoms with Crippen LogP contribution in [-0.4, -0.2) is 29.3 Å². The number of aromatic nitrogens is 2. The van der Waals surface area contributed by atoms with Crippen LogP contribution in [0.1, 0.15) is 24.8 Å². The molecule has 0 saturated heterocycles. The first-order valence-corrected chi connectivity index (χ1v) is 9.21. The molecule has 1 aromatic carbocycles. The number of rotatable bonds is 6. The Balaban J connectivity index is 1.87. The zero-order valence-electron chi connectivity index (χ0n) is 12.6. The zero-order valence-corrected chi connectivity index (χ0v) is 14.2. The molecule has 0 amide bonds. The predicted octanol–water partition coefficient (Wildman–Crippen LogP) is 1.98. The van der Waals surface area contributed by atoms with Gasteiger partial charge < -0.3 is 5.11 Å². The van der Waals surface area contributed by atoms with Crippen molar-refractivity contribution >= 4 is 27.6 Å². The molecule has 24 heavy (non-hydrogen) atoms. The Morgan fingerprint density at radius 1 is 1.42 bits per heavy atom. The van der Waals surface area contributed by atoms with Crippen LogP contribution in [0.5, 0.6) is 0 Å². The summed E-state index contributed by atoms with van der Waals surface area (Å²) in [5, 5.41) is 13.1. The van der Waals surface area contributed by atoms with Gasteiger partial charge >= 0.3 is 5.97 Å². The average Bonchev–Trinajstić information content (AvgIpc) is 2.91. The van der Waals surface area contributed by atoms with E-state index in [1.54, 1.807) is 18.2 Å². The molecule has 2 aromatic rings. The molecule has 1 saturated carbocycles. The number of sulfonamides is 1. The molecule has 128 valence electrons. The van der Waals surface area contributed by atoms with Crippen molar-refractivity contribution in [1.82, 2.24) is 14.5 Å². The SMILES string of the molecule is O=C(O)Cn1cc(S(=O)(=O)NC2(c3cccc(Cl)c3)CCC2)cn1. The maximum atomic E-state index is 12.7. The Hall–Kier alpha value is -1.90. The summed E-state index contributed by atoms with van der Waals surface area (Å²) in [4.78, 5) is 10.6. The zero-order chi connectivity index (χ0) is 17.4. The molecular formula is C15H16ClN3O4S. The van der Waals surface area contributed by atoms with Crippen molar-refractivity contribution in [2.24, 2.45) is 0 Å². The molecule has 0 radical (unpaired) electrons. The summed E-state index contributed by atoms with van der Waals surface area (Å²) >= 11 is 6.03. The number of carboxylic acids is 1. The van der Waals surface area contributed by atoms with E-state index < -0.39 is 28.1 Å². The topological polar surface area (TPSA) is 101 Å². The Bertz CT molecular complexity index is 874. The van der Waals surface area contributed by atoms with Gasteiger partial charge in [0.25, 0.3) is 0 Å². The van der Waals surface area contributed by atoms with Gasteiger partial charge in [0.1, 0.15) is 11.4 Å². The van der Waals surface area contributed by atoms with E-state index in [1.165, 1.54) is 6.20 Å². The summed E-state index contributed by atoms with van der Waals surface area (Å²) in [6.07, 6.45) is 4.62. The van der Waals surface area contributed by atoms with Gasteiger partial charge in [0.15, 0.2) is 0 Å². The molecule has 0 atom stereocenters. The van der Waals surface area contributed by atoms with Crippen LogP contribution in [0.3, 0.4) is 0 Å². The van der Waals surface area contributed by atoms with Crippen LogP contribution in [0.25, 0.3) is 0 Å². The summed E-state index contributed by atoms with van der Waals surface area (Å²) in [6, 6.07) is 7.14. The Kier molecular flexibility index (Phi) is 4.37. The molecule has 2 N–H and O–H groups in total. The minimum absolute atomic E-state index is 0.0583. The van der Waals surface area contributed by atoms with Crippen LogP contribution < -0.4 is 4.72 Å². The van der Waals surface area contributed by atoms with Crippen molar-refractivity contribution in [1.29, 1.82) is 0 Å². The van der Waals surface area contributed by atoms with E-state index in [0.29, 0.717) is 17.9 Å². The fourth-order valence-electron chi connectivity index (χ4n) is 2.79. The van der Waals surface area contributed by atoms with E-state index in [-0.39, 0.29) is 4.90 Å². The third-order valence-electron chi connectivity index (χ3n) is 4.13. The smallest absolute Gasteiger partial charge is 0.325 e. The fraction of sp³-hybridized carbons (Fsp3) is 0.333. The average molecular weight is 370 g/mol. The van der Waals surface area contributed by atoms with Crippen LogP contribution in [0.2, 0.25) is 5.02 Å². The van der Waals surface area contributed by atoms with Gasteiger partial charge in [-0.05, 0) is 37.0 Å². The summed E-state index contributed by atoms with van der Waals surface area (Å²) in [7, 11) is -3.82. The van der Waals surface area contributed by atoms with Gasteiger partial charge in [-0.25, -0.2) is 13.1 Å². The predicted molar refractivity (Wildman–Crippen MR) is 87.2 cm³/mol. The van der Waals surface area contributed by atoms with Crippen molar-refractivity contribution in [3.63, 3.8) is 0 Å². The lowest BCUT2D eigenvalue weighted by molar-refractivity contribution is -0.137. The van der Waals surface area contributed by atoms with Crippen molar-refractivity contribution < 1.29 is 18.3 Å². The maximum absolute atomic E-state index is 12.7. The molecule has 1 aliphatic carbocycles. The Morgan fingerprint density at radius 2 is 2.17 bits per heavy atom. The molecule has 0 bridgehead atoms. The second-order valence-corrected chi connectivity index (χ2v) is 7.94. The fourth-order valence-corrected chi connectivity index (χ4v) is 4.38. The second kappa shape index (κ2) is 6.19. The Labute approximate surface area is 144 Å². The number of halogens is 1. The number of hydrogen-bond donors (Lipinski definition) is 2. The van der Waals surface area contributed by atoms with Gasteiger partial charge in [0, 0.05) is 11.2 Å². The molecule has 1 aliphatic rings. The van der Waals surface area contributed by atoms with Gasteiger partial charge in [-0.15, -0.1) is 0 Å². The molecule has 9 heteroatoms. The molecule has 0 spiro atoms. The highest BCUT2D eigenvalue weighted by Gasteiger charge is 2.42. The minimum atomic E-state index is -3.82. The molecule has 1 fully saturated rings. The molecule has 7 nitrogen and oxygen atoms in total. The first-order chi connectivity index (χ1) is 11.3. The molecule has 0 unspecified atom stereocenters. The van der Waals surface area contributed by atoms with Gasteiger partial charge in [-0.1, -0.05) is 23.7 Å². The van der Waals surface area contributed by atoms with Crippen molar-refractivity contribution in [2.75, 3.05) is 0 Å². The summed E-state index contributed by atoms with van der Waals surface area (Å²) < 4.78 is 29.1. The third kappa shape index (κ3) is 3.31. The second-order valence-electron chi connectivity index (χ2n) is 5.82. The molecular weight excluding hydrogens is 354 g/mol. The number of hydrogen-bond acceptors (Lipinski definition) is 4. The number of nitrogens with zero attached hydrogens (tertiary/aromatic N) is 2. The summed E-state index contributed by atoms with van der Waals surface area (Å²) in [6.45, 7) is -0.394. The minimum Gasteiger partial charge on any atom is -0.480 e. The summed E-state index contributed by atoms with van der Waals surface area (Å²) in [5.41, 5.74) is 0.140. The number of aliphatic carboxylic acids is 1. The highest BCUT2D eigenvalue weighted by atomic mass is 35.5. The van der Waals surface area contributed by atoms with E-state index >= 15 is 0 Å². The lowest BCUT2D eigenvalue weighted by Gasteiger charge is -2.42. The highest BCUT2D eigenvalue weighted by Crippen LogP contribution is 2.43. The molecule has 1 aromatic heterocycles. The van der Waals surface area contributed by atoms with Gasteiger partial charge in [0.05, 0.1) is 11.7 Å². The van der Waals surface area contributed by atoms with E-state index in [2.05, 4.69) is 9.82 Å². The van der Waals surface area contributed by atoms with Gasteiger partial charge in [-0.3, -0.25) is 9.48 Å². The Morgan fingerprint density at radius 3 is 2.75 bits per heavy atom. The number of carbonyl (C=O) groups is 1. The monoisotopic (exact) mass is 369 g/mol. The van der Waals surface area contributed by atoms with Crippen LogP contribution >= 0.6 is 11.6 Å². The van der Waals surface area contributed by atoms with Crippen LogP contribution in [-0.2, 0) is 26.9 Å². The van der Waals surface area contributed by atoms with Crippen LogP contribution in [0, 0.1) is 0 Å². The van der Waals surface area contributed by atoms with E-state index in [1.807, 2.05) is 6.07 Å². The van der Waals surface area contributed by atoms with E-state index in [9.17, 15) is 13.2 Å². The standard InChI is InChI=1S/C15H16ClN3O4S/c16-12-4-1-3-11(7-12)15(5-2-6-15)18-24(22,23)13-8-17-19(9-13)10-14(20)21/h1,3-4,7-9,18H,2,5-6,10H2,(H,20,21). The quantitative estimate of drug-likeness (QED) is 0.810. The number of nitrogens with one attached hydrogen (secondary N) is 1. The molecule has 1 heterocycles. The van der Waals surface area contributed by atoms with Crippen molar-refractivity contribution in [3.05, 3.63) is 47.2 Å². The van der Waals surface area contributed by atoms with Crippen molar-refractivity contribution in [2.45, 2.75) is 36.2 Å². The van der Waals surface area contributed by atoms with Gasteiger partial charge in [0.2, 0.25) is 10.0 Å². The lowest BCUT2D eigenvalue weighted by atomic mass is 9.73. The lowest BCUT2D eigenvalue weighted by Crippen LogP contribution is -2.50.